The molecule has 1 heterocycles. The first-order chi connectivity index (χ1) is 10.0. The molecular formula is C12H10F2IN3O3. The van der Waals surface area contributed by atoms with E-state index in [0.717, 1.165) is 0 Å². The summed E-state index contributed by atoms with van der Waals surface area (Å²) in [5.41, 5.74) is 0.686. The monoisotopic (exact) mass is 409 g/mol. The maximum absolute atomic E-state index is 12.2. The third-order valence-corrected chi connectivity index (χ3v) is 3.28. The molecule has 1 amide bonds. The summed E-state index contributed by atoms with van der Waals surface area (Å²) in [7, 11) is 1.32. The van der Waals surface area contributed by atoms with Gasteiger partial charge in [0, 0.05) is 11.8 Å². The molecule has 0 saturated carbocycles. The highest BCUT2D eigenvalue weighted by Crippen LogP contribution is 2.31. The van der Waals surface area contributed by atoms with E-state index in [1.54, 1.807) is 0 Å². The average Bonchev–Trinajstić information content (AvgIpc) is 2.86. The van der Waals surface area contributed by atoms with Crippen LogP contribution in [0.25, 0.3) is 0 Å². The lowest BCUT2D eigenvalue weighted by atomic mass is 10.2. The van der Waals surface area contributed by atoms with Crippen molar-refractivity contribution in [2.75, 3.05) is 12.4 Å². The molecule has 0 aliphatic carbocycles. The highest BCUT2D eigenvalue weighted by atomic mass is 127. The fourth-order valence-corrected chi connectivity index (χ4v) is 2.07. The van der Waals surface area contributed by atoms with E-state index in [1.807, 2.05) is 22.6 Å². The van der Waals surface area contributed by atoms with Crippen molar-refractivity contribution in [2.24, 2.45) is 0 Å². The van der Waals surface area contributed by atoms with E-state index in [4.69, 9.17) is 4.74 Å². The molecule has 0 aliphatic heterocycles. The number of aromatic amines is 1. The van der Waals surface area contributed by atoms with E-state index >= 15 is 0 Å². The lowest BCUT2D eigenvalue weighted by molar-refractivity contribution is -0.0512. The van der Waals surface area contributed by atoms with Crippen molar-refractivity contribution in [3.05, 3.63) is 33.7 Å². The summed E-state index contributed by atoms with van der Waals surface area (Å²) in [4.78, 5) is 12.0. The van der Waals surface area contributed by atoms with Crippen molar-refractivity contribution >= 4 is 34.2 Å². The van der Waals surface area contributed by atoms with Gasteiger partial charge in [-0.05, 0) is 34.7 Å². The summed E-state index contributed by atoms with van der Waals surface area (Å²) in [5, 5.41) is 8.91. The van der Waals surface area contributed by atoms with Crippen molar-refractivity contribution < 1.29 is 23.0 Å². The van der Waals surface area contributed by atoms with Gasteiger partial charge in [-0.25, -0.2) is 0 Å². The van der Waals surface area contributed by atoms with E-state index in [9.17, 15) is 13.6 Å². The van der Waals surface area contributed by atoms with Crippen LogP contribution in [0.15, 0.2) is 24.4 Å². The second kappa shape index (κ2) is 6.70. The molecule has 6 nitrogen and oxygen atoms in total. The number of hydrogen-bond donors (Lipinski definition) is 2. The number of carbonyl (C=O) groups is 1. The molecular weight excluding hydrogens is 399 g/mol. The van der Waals surface area contributed by atoms with E-state index in [-0.39, 0.29) is 11.5 Å². The third-order valence-electron chi connectivity index (χ3n) is 2.46. The van der Waals surface area contributed by atoms with Crippen molar-refractivity contribution in [3.63, 3.8) is 0 Å². The summed E-state index contributed by atoms with van der Waals surface area (Å²) in [5.74, 6) is -0.421. The molecule has 0 unspecified atom stereocenters. The number of benzene rings is 1. The molecule has 0 fully saturated rings. The largest absolute Gasteiger partial charge is 0.493 e. The van der Waals surface area contributed by atoms with Gasteiger partial charge in [0.15, 0.2) is 11.5 Å². The van der Waals surface area contributed by atoms with Crippen molar-refractivity contribution in [1.82, 2.24) is 10.2 Å². The fourth-order valence-electron chi connectivity index (χ4n) is 1.56. The molecule has 0 bridgehead atoms. The summed E-state index contributed by atoms with van der Waals surface area (Å²) in [6.45, 7) is -2.95. The van der Waals surface area contributed by atoms with E-state index in [2.05, 4.69) is 20.3 Å². The molecule has 21 heavy (non-hydrogen) atoms. The Morgan fingerprint density at radius 3 is 2.76 bits per heavy atom. The quantitative estimate of drug-likeness (QED) is 0.745. The van der Waals surface area contributed by atoms with Crippen molar-refractivity contribution in [1.29, 1.82) is 0 Å². The lowest BCUT2D eigenvalue weighted by Gasteiger charge is -2.11. The number of rotatable bonds is 5. The molecule has 0 saturated heterocycles. The summed E-state index contributed by atoms with van der Waals surface area (Å²) in [6, 6.07) is 4.11. The van der Waals surface area contributed by atoms with Crippen LogP contribution < -0.4 is 14.8 Å². The van der Waals surface area contributed by atoms with Gasteiger partial charge >= 0.3 is 6.61 Å². The maximum Gasteiger partial charge on any atom is 0.387 e. The number of methoxy groups -OCH3 is 1. The van der Waals surface area contributed by atoms with Gasteiger partial charge in [-0.2, -0.15) is 13.9 Å². The molecule has 2 aromatic rings. The number of carbonyl (C=O) groups excluding carboxylic acids is 1. The Kier molecular flexibility index (Phi) is 4.94. The minimum atomic E-state index is -2.95. The van der Waals surface area contributed by atoms with E-state index < -0.39 is 12.5 Å². The van der Waals surface area contributed by atoms with Crippen LogP contribution in [0, 0.1) is 3.57 Å². The third kappa shape index (κ3) is 3.80. The number of ether oxygens (including phenoxy) is 2. The Morgan fingerprint density at radius 2 is 2.19 bits per heavy atom. The summed E-state index contributed by atoms with van der Waals surface area (Å²) < 4.78 is 34.3. The second-order valence-corrected chi connectivity index (χ2v) is 4.95. The number of alkyl halides is 2. The number of H-pyrrole nitrogens is 1. The molecule has 0 aliphatic rings. The Labute approximate surface area is 132 Å². The maximum atomic E-state index is 12.2. The number of anilines is 1. The van der Waals surface area contributed by atoms with Gasteiger partial charge in [0.1, 0.15) is 5.69 Å². The fraction of sp³-hybridized carbons (Fsp3) is 0.167. The van der Waals surface area contributed by atoms with E-state index in [0.29, 0.717) is 15.0 Å². The Morgan fingerprint density at radius 1 is 1.43 bits per heavy atom. The number of halogens is 3. The molecule has 0 spiro atoms. The number of hydrogen-bond acceptors (Lipinski definition) is 4. The van der Waals surface area contributed by atoms with Crippen LogP contribution in [-0.4, -0.2) is 29.8 Å². The number of nitrogens with one attached hydrogen (secondary N) is 2. The van der Waals surface area contributed by atoms with Gasteiger partial charge in [0.25, 0.3) is 5.91 Å². The highest BCUT2D eigenvalue weighted by Gasteiger charge is 2.15. The standard InChI is InChI=1S/C12H10F2IN3O3/c1-20-9-4-6(2-3-8(9)21-12(13)14)17-11(19)10-7(15)5-16-18-10/h2-5,12H,1H3,(H,16,18)(H,17,19). The molecule has 1 aromatic carbocycles. The first-order valence-corrected chi connectivity index (χ1v) is 6.72. The minimum Gasteiger partial charge on any atom is -0.493 e. The first kappa shape index (κ1) is 15.5. The molecule has 1 aromatic heterocycles. The Balaban J connectivity index is 2.18. The molecule has 0 atom stereocenters. The van der Waals surface area contributed by atoms with Gasteiger partial charge < -0.3 is 14.8 Å². The molecule has 2 rings (SSSR count). The normalized spacial score (nSPS) is 10.5. The van der Waals surface area contributed by atoms with Gasteiger partial charge in [0.2, 0.25) is 0 Å². The van der Waals surface area contributed by atoms with Crippen LogP contribution in [0.2, 0.25) is 0 Å². The van der Waals surface area contributed by atoms with Crippen molar-refractivity contribution in [3.8, 4) is 11.5 Å². The van der Waals surface area contributed by atoms with Crippen molar-refractivity contribution in [2.45, 2.75) is 6.61 Å². The zero-order chi connectivity index (χ0) is 15.4. The van der Waals surface area contributed by atoms with Crippen LogP contribution in [-0.2, 0) is 0 Å². The second-order valence-electron chi connectivity index (χ2n) is 3.79. The number of amides is 1. The predicted octanol–water partition coefficient (Wildman–Crippen LogP) is 2.88. The first-order valence-electron chi connectivity index (χ1n) is 5.64. The number of nitrogens with zero attached hydrogens (tertiary/aromatic N) is 1. The number of aromatic nitrogens is 2. The topological polar surface area (TPSA) is 76.2 Å². The van der Waals surface area contributed by atoms with Crippen LogP contribution in [0.5, 0.6) is 11.5 Å². The van der Waals surface area contributed by atoms with Crippen LogP contribution in [0.4, 0.5) is 14.5 Å². The lowest BCUT2D eigenvalue weighted by Crippen LogP contribution is -2.14. The van der Waals surface area contributed by atoms with Gasteiger partial charge in [0.05, 0.1) is 16.9 Å². The van der Waals surface area contributed by atoms with E-state index in [1.165, 1.54) is 31.5 Å². The Hall–Kier alpha value is -1.91. The predicted molar refractivity (Wildman–Crippen MR) is 78.9 cm³/mol. The zero-order valence-electron chi connectivity index (χ0n) is 10.7. The molecule has 2 N–H and O–H groups in total. The van der Waals surface area contributed by atoms with Gasteiger partial charge in [-0.15, -0.1) is 0 Å². The average molecular weight is 409 g/mol. The summed E-state index contributed by atoms with van der Waals surface area (Å²) >= 11 is 1.96. The molecule has 0 radical (unpaired) electrons. The SMILES string of the molecule is COc1cc(NC(=O)c2[nH]ncc2I)ccc1OC(F)F. The Bertz CT molecular complexity index is 648. The zero-order valence-corrected chi connectivity index (χ0v) is 12.9. The van der Waals surface area contributed by atoms with Gasteiger partial charge in [-0.3, -0.25) is 9.89 Å². The molecule has 9 heteroatoms. The smallest absolute Gasteiger partial charge is 0.387 e. The minimum absolute atomic E-state index is 0.0902. The highest BCUT2D eigenvalue weighted by molar-refractivity contribution is 14.1. The van der Waals surface area contributed by atoms with Crippen LogP contribution >= 0.6 is 22.6 Å². The molecule has 112 valence electrons. The van der Waals surface area contributed by atoms with Crippen LogP contribution in [0.1, 0.15) is 10.5 Å². The van der Waals surface area contributed by atoms with Crippen LogP contribution in [0.3, 0.4) is 0 Å². The summed E-state index contributed by atoms with van der Waals surface area (Å²) in [6.07, 6.45) is 1.51. The van der Waals surface area contributed by atoms with Gasteiger partial charge in [-0.1, -0.05) is 0 Å².